The summed E-state index contributed by atoms with van der Waals surface area (Å²) in [5.41, 5.74) is 1.88. The molecular weight excluding hydrogens is 298 g/mol. The minimum atomic E-state index is -1.10. The number of aryl methyl sites for hydroxylation is 2. The molecule has 0 unspecified atom stereocenters. The highest BCUT2D eigenvalue weighted by atomic mass is 16.4. The number of likely N-dealkylation sites (N-methyl/N-ethyl adjacent to an activating group) is 1. The predicted octanol–water partition coefficient (Wildman–Crippen LogP) is 1.15. The van der Waals surface area contributed by atoms with Crippen LogP contribution in [0.5, 0.6) is 0 Å². The molecule has 0 saturated carbocycles. The molecule has 2 heterocycles. The molecule has 0 fully saturated rings. The summed E-state index contributed by atoms with van der Waals surface area (Å²) in [5.74, 6) is -1.28. The predicted molar refractivity (Wildman–Crippen MR) is 82.9 cm³/mol. The van der Waals surface area contributed by atoms with Crippen LogP contribution in [-0.4, -0.2) is 48.0 Å². The van der Waals surface area contributed by atoms with Gasteiger partial charge in [0.25, 0.3) is 0 Å². The van der Waals surface area contributed by atoms with Gasteiger partial charge < -0.3 is 10.0 Å². The monoisotopic (exact) mass is 319 g/mol. The van der Waals surface area contributed by atoms with E-state index in [4.69, 9.17) is 5.11 Å². The summed E-state index contributed by atoms with van der Waals surface area (Å²) in [5, 5.41) is 17.3. The van der Waals surface area contributed by atoms with Gasteiger partial charge in [0, 0.05) is 37.6 Å². The number of aromatic nitrogens is 4. The van der Waals surface area contributed by atoms with Crippen molar-refractivity contribution in [3.05, 3.63) is 35.4 Å². The molecule has 8 heteroatoms. The van der Waals surface area contributed by atoms with Crippen LogP contribution in [0.3, 0.4) is 0 Å². The number of amides is 1. The molecule has 23 heavy (non-hydrogen) atoms. The summed E-state index contributed by atoms with van der Waals surface area (Å²) in [4.78, 5) is 25.2. The summed E-state index contributed by atoms with van der Waals surface area (Å²) < 4.78 is 3.04. The lowest BCUT2D eigenvalue weighted by molar-refractivity contribution is -0.132. The number of aromatic carboxylic acids is 1. The average Bonchev–Trinajstić information content (AvgIpc) is 3.11. The van der Waals surface area contributed by atoms with Crippen molar-refractivity contribution in [3.8, 4) is 0 Å². The molecule has 0 atom stereocenters. The van der Waals surface area contributed by atoms with Gasteiger partial charge in [-0.15, -0.1) is 0 Å². The number of carboxylic acids is 1. The van der Waals surface area contributed by atoms with Gasteiger partial charge in [-0.1, -0.05) is 0 Å². The second-order valence-electron chi connectivity index (χ2n) is 5.18. The molecule has 0 aliphatic heterocycles. The second-order valence-corrected chi connectivity index (χ2v) is 5.18. The number of carbonyl (C=O) groups excluding carboxylic acids is 1. The van der Waals surface area contributed by atoms with Gasteiger partial charge in [0.2, 0.25) is 5.91 Å². The number of hydrogen-bond donors (Lipinski definition) is 1. The van der Waals surface area contributed by atoms with E-state index in [-0.39, 0.29) is 18.1 Å². The number of nitrogens with zero attached hydrogens (tertiary/aromatic N) is 5. The van der Waals surface area contributed by atoms with Crippen LogP contribution in [0.1, 0.15) is 35.6 Å². The molecule has 2 rings (SSSR count). The Hall–Kier alpha value is -2.64. The van der Waals surface area contributed by atoms with Crippen LogP contribution in [0.4, 0.5) is 0 Å². The number of carbonyl (C=O) groups is 2. The lowest BCUT2D eigenvalue weighted by atomic mass is 10.2. The Balaban J connectivity index is 2.10. The van der Waals surface area contributed by atoms with Gasteiger partial charge in [-0.05, 0) is 26.8 Å². The van der Waals surface area contributed by atoms with E-state index >= 15 is 0 Å². The Morgan fingerprint density at radius 1 is 1.35 bits per heavy atom. The highest BCUT2D eigenvalue weighted by Gasteiger charge is 2.18. The third-order valence-corrected chi connectivity index (χ3v) is 3.69. The second kappa shape index (κ2) is 7.08. The molecule has 0 aliphatic carbocycles. The third kappa shape index (κ3) is 3.77. The van der Waals surface area contributed by atoms with Gasteiger partial charge in [-0.25, -0.2) is 9.48 Å². The Morgan fingerprint density at radius 3 is 2.65 bits per heavy atom. The smallest absolute Gasteiger partial charge is 0.354 e. The van der Waals surface area contributed by atoms with E-state index in [1.54, 1.807) is 4.90 Å². The third-order valence-electron chi connectivity index (χ3n) is 3.69. The van der Waals surface area contributed by atoms with Crippen molar-refractivity contribution < 1.29 is 14.7 Å². The largest absolute Gasteiger partial charge is 0.477 e. The van der Waals surface area contributed by atoms with Crippen molar-refractivity contribution >= 4 is 11.9 Å². The van der Waals surface area contributed by atoms with Crippen LogP contribution in [0.15, 0.2) is 18.5 Å². The van der Waals surface area contributed by atoms with E-state index in [1.807, 2.05) is 31.6 Å². The molecule has 0 bridgehead atoms. The number of rotatable bonds is 7. The molecule has 1 amide bonds. The van der Waals surface area contributed by atoms with E-state index in [1.165, 1.54) is 16.9 Å². The highest BCUT2D eigenvalue weighted by molar-refractivity contribution is 5.86. The molecule has 8 nitrogen and oxygen atoms in total. The summed E-state index contributed by atoms with van der Waals surface area (Å²) in [6, 6.07) is 1.38. The molecular formula is C15H21N5O3. The first-order valence-electron chi connectivity index (χ1n) is 7.52. The fourth-order valence-corrected chi connectivity index (χ4v) is 2.33. The van der Waals surface area contributed by atoms with Crippen molar-refractivity contribution in [2.75, 3.05) is 6.54 Å². The zero-order chi connectivity index (χ0) is 17.0. The normalized spacial score (nSPS) is 10.7. The van der Waals surface area contributed by atoms with Crippen molar-refractivity contribution in [1.29, 1.82) is 0 Å². The molecule has 0 aliphatic rings. The van der Waals surface area contributed by atoms with Gasteiger partial charge >= 0.3 is 5.97 Å². The molecule has 124 valence electrons. The molecule has 0 saturated heterocycles. The Bertz CT molecular complexity index is 704. The van der Waals surface area contributed by atoms with Gasteiger partial charge in [-0.3, -0.25) is 9.48 Å². The van der Waals surface area contributed by atoms with Crippen molar-refractivity contribution in [2.24, 2.45) is 0 Å². The lowest BCUT2D eigenvalue weighted by Gasteiger charge is -2.20. The van der Waals surface area contributed by atoms with E-state index in [2.05, 4.69) is 10.2 Å². The number of carboxylic acid groups (broad SMARTS) is 1. The fraction of sp³-hybridized carbons (Fsp3) is 0.467. The van der Waals surface area contributed by atoms with E-state index < -0.39 is 5.97 Å². The molecule has 0 spiro atoms. The maximum absolute atomic E-state index is 12.5. The summed E-state index contributed by atoms with van der Waals surface area (Å²) in [6.45, 7) is 7.46. The van der Waals surface area contributed by atoms with E-state index in [9.17, 15) is 9.59 Å². The van der Waals surface area contributed by atoms with Crippen molar-refractivity contribution in [3.63, 3.8) is 0 Å². The molecule has 0 aromatic carbocycles. The highest BCUT2D eigenvalue weighted by Crippen LogP contribution is 2.11. The first kappa shape index (κ1) is 16.7. The standard InChI is InChI=1S/C15H21N5O3/c1-4-18(8-12-9-19(5-2)17-11(12)3)14(21)10-20-13(15(22)23)6-7-16-20/h6-7,9H,4-5,8,10H2,1-3H3,(H,22,23). The van der Waals surface area contributed by atoms with Gasteiger partial charge in [-0.2, -0.15) is 10.2 Å². The minimum Gasteiger partial charge on any atom is -0.477 e. The zero-order valence-electron chi connectivity index (χ0n) is 13.6. The summed E-state index contributed by atoms with van der Waals surface area (Å²) in [6.07, 6.45) is 3.31. The molecule has 1 N–H and O–H groups in total. The Kier molecular flexibility index (Phi) is 5.15. The maximum Gasteiger partial charge on any atom is 0.354 e. The van der Waals surface area contributed by atoms with Crippen molar-refractivity contribution in [1.82, 2.24) is 24.5 Å². The number of hydrogen-bond acceptors (Lipinski definition) is 4. The summed E-state index contributed by atoms with van der Waals surface area (Å²) >= 11 is 0. The van der Waals surface area contributed by atoms with Gasteiger partial charge in [0.15, 0.2) is 0 Å². The van der Waals surface area contributed by atoms with Crippen LogP contribution in [0.25, 0.3) is 0 Å². The topological polar surface area (TPSA) is 93.3 Å². The minimum absolute atomic E-state index is 0.00406. The van der Waals surface area contributed by atoms with Crippen LogP contribution < -0.4 is 0 Å². The van der Waals surface area contributed by atoms with E-state index in [0.717, 1.165) is 17.8 Å². The average molecular weight is 319 g/mol. The van der Waals surface area contributed by atoms with Gasteiger partial charge in [0.1, 0.15) is 12.2 Å². The Morgan fingerprint density at radius 2 is 2.09 bits per heavy atom. The quantitative estimate of drug-likeness (QED) is 0.826. The first-order chi connectivity index (χ1) is 11.0. The first-order valence-corrected chi connectivity index (χ1v) is 7.52. The van der Waals surface area contributed by atoms with Crippen LogP contribution >= 0.6 is 0 Å². The van der Waals surface area contributed by atoms with Crippen molar-refractivity contribution in [2.45, 2.75) is 40.4 Å². The maximum atomic E-state index is 12.5. The van der Waals surface area contributed by atoms with Crippen LogP contribution in [-0.2, 0) is 24.4 Å². The lowest BCUT2D eigenvalue weighted by Crippen LogP contribution is -2.34. The van der Waals surface area contributed by atoms with E-state index in [0.29, 0.717) is 13.1 Å². The molecule has 2 aromatic heterocycles. The SMILES string of the molecule is CCN(Cc1cn(CC)nc1C)C(=O)Cn1nccc1C(=O)O. The summed E-state index contributed by atoms with van der Waals surface area (Å²) in [7, 11) is 0. The fourth-order valence-electron chi connectivity index (χ4n) is 2.33. The van der Waals surface area contributed by atoms with Crippen LogP contribution in [0, 0.1) is 6.92 Å². The molecule has 0 radical (unpaired) electrons. The molecule has 2 aromatic rings. The van der Waals surface area contributed by atoms with Gasteiger partial charge in [0.05, 0.1) is 5.69 Å². The zero-order valence-corrected chi connectivity index (χ0v) is 13.6. The Labute approximate surface area is 134 Å². The van der Waals surface area contributed by atoms with Crippen LogP contribution in [0.2, 0.25) is 0 Å².